The second kappa shape index (κ2) is 15.7. The van der Waals surface area contributed by atoms with Crippen LogP contribution in [-0.4, -0.2) is 12.2 Å². The van der Waals surface area contributed by atoms with Crippen LogP contribution >= 0.6 is 11.6 Å². The topological polar surface area (TPSA) is 17.1 Å². The predicted molar refractivity (Wildman–Crippen MR) is 42.0 cm³/mol. The highest BCUT2D eigenvalue weighted by Gasteiger charge is 1.69. The van der Waals surface area contributed by atoms with Crippen LogP contribution in [0, 0.1) is 0 Å². The lowest BCUT2D eigenvalue weighted by Crippen LogP contribution is -1.70. The number of rotatable bonds is 3. The highest BCUT2D eigenvalue weighted by molar-refractivity contribution is 6.18. The summed E-state index contributed by atoms with van der Waals surface area (Å²) in [6, 6.07) is 0. The van der Waals surface area contributed by atoms with Gasteiger partial charge in [0, 0.05) is 12.3 Å². The second-order valence-corrected chi connectivity index (χ2v) is 2.02. The van der Waals surface area contributed by atoms with Gasteiger partial charge in [0.05, 0.1) is 0 Å². The van der Waals surface area contributed by atoms with Crippen molar-refractivity contribution in [1.29, 1.82) is 0 Å². The molecule has 0 heterocycles. The lowest BCUT2D eigenvalue weighted by atomic mass is 10.4. The molecule has 0 N–H and O–H groups in total. The third-order valence-electron chi connectivity index (χ3n) is 0.727. The molecule has 0 aliphatic carbocycles. The van der Waals surface area contributed by atoms with Gasteiger partial charge in [0.25, 0.3) is 0 Å². The van der Waals surface area contributed by atoms with E-state index in [2.05, 4.69) is 13.8 Å². The van der Waals surface area contributed by atoms with Crippen molar-refractivity contribution in [3.05, 3.63) is 0 Å². The molecule has 0 rings (SSSR count). The molecule has 0 aliphatic rings. The van der Waals surface area contributed by atoms with Crippen molar-refractivity contribution in [3.63, 3.8) is 0 Å². The Labute approximate surface area is 62.4 Å². The Balaban J connectivity index is 0. The van der Waals surface area contributed by atoms with Crippen molar-refractivity contribution in [3.8, 4) is 0 Å². The molecule has 0 saturated heterocycles. The van der Waals surface area contributed by atoms with E-state index in [0.29, 0.717) is 12.3 Å². The molecule has 56 valence electrons. The van der Waals surface area contributed by atoms with E-state index in [9.17, 15) is 4.79 Å². The second-order valence-electron chi connectivity index (χ2n) is 1.64. The molecule has 0 aromatic heterocycles. The van der Waals surface area contributed by atoms with Gasteiger partial charge in [-0.3, -0.25) is 0 Å². The molecule has 0 unspecified atom stereocenters. The monoisotopic (exact) mass is 150 g/mol. The van der Waals surface area contributed by atoms with Gasteiger partial charge in [0.1, 0.15) is 6.29 Å². The summed E-state index contributed by atoms with van der Waals surface area (Å²) in [5, 5.41) is 0. The largest absolute Gasteiger partial charge is 0.303 e. The maximum Gasteiger partial charge on any atom is 0.121 e. The summed E-state index contributed by atoms with van der Waals surface area (Å²) in [5.74, 6) is 0.448. The first kappa shape index (κ1) is 11.7. The Hall–Kier alpha value is -0.0400. The lowest BCUT2D eigenvalue weighted by molar-refractivity contribution is -0.107. The van der Waals surface area contributed by atoms with Gasteiger partial charge in [-0.25, -0.2) is 0 Å². The molecule has 0 bridgehead atoms. The molecule has 0 aromatic carbocycles. The first-order chi connectivity index (χ1) is 4.33. The molecule has 2 heteroatoms. The van der Waals surface area contributed by atoms with E-state index in [0.717, 1.165) is 6.29 Å². The molecule has 0 atom stereocenters. The summed E-state index contributed by atoms with van der Waals surface area (Å²) in [6.07, 6.45) is 3.91. The minimum Gasteiger partial charge on any atom is -0.303 e. The number of aldehydes is 1. The van der Waals surface area contributed by atoms with Gasteiger partial charge < -0.3 is 4.79 Å². The first-order valence-electron chi connectivity index (χ1n) is 3.33. The summed E-state index contributed by atoms with van der Waals surface area (Å²) in [5.41, 5.74) is 0. The lowest BCUT2D eigenvalue weighted by Gasteiger charge is -1.68. The standard InChI is InChI=1S/C4H10.C3H5ClO/c1-3-4-2;4-2-1-3-5/h3-4H2,1-2H3;3H,1-2H2. The minimum absolute atomic E-state index is 0.448. The third-order valence-corrected chi connectivity index (χ3v) is 0.945. The van der Waals surface area contributed by atoms with Crippen molar-refractivity contribution in [2.75, 3.05) is 5.88 Å². The molecule has 0 amide bonds. The number of hydrogen-bond acceptors (Lipinski definition) is 1. The Morgan fingerprint density at radius 3 is 1.78 bits per heavy atom. The fourth-order valence-corrected chi connectivity index (χ4v) is 0.134. The van der Waals surface area contributed by atoms with E-state index in [1.54, 1.807) is 0 Å². The summed E-state index contributed by atoms with van der Waals surface area (Å²) >= 11 is 5.07. The van der Waals surface area contributed by atoms with Crippen molar-refractivity contribution in [2.45, 2.75) is 33.1 Å². The molecule has 0 aromatic rings. The van der Waals surface area contributed by atoms with Gasteiger partial charge in [-0.2, -0.15) is 0 Å². The van der Waals surface area contributed by atoms with Crippen LogP contribution in [-0.2, 0) is 4.79 Å². The van der Waals surface area contributed by atoms with Crippen LogP contribution in [0.2, 0.25) is 0 Å². The smallest absolute Gasteiger partial charge is 0.121 e. The average molecular weight is 151 g/mol. The maximum atomic E-state index is 9.32. The molecular formula is C7H15ClO. The summed E-state index contributed by atoms with van der Waals surface area (Å²) < 4.78 is 0. The molecule has 0 fully saturated rings. The van der Waals surface area contributed by atoms with Crippen LogP contribution in [0.1, 0.15) is 33.1 Å². The van der Waals surface area contributed by atoms with Crippen molar-refractivity contribution in [1.82, 2.24) is 0 Å². The Morgan fingerprint density at radius 2 is 1.78 bits per heavy atom. The summed E-state index contributed by atoms with van der Waals surface area (Å²) in [6.45, 7) is 4.36. The third kappa shape index (κ3) is 32.3. The summed E-state index contributed by atoms with van der Waals surface area (Å²) in [7, 11) is 0. The highest BCUT2D eigenvalue weighted by atomic mass is 35.5. The predicted octanol–water partition coefficient (Wildman–Crippen LogP) is 2.62. The van der Waals surface area contributed by atoms with Gasteiger partial charge in [0.15, 0.2) is 0 Å². The van der Waals surface area contributed by atoms with Crippen LogP contribution in [0.5, 0.6) is 0 Å². The Kier molecular flexibility index (Phi) is 20.4. The zero-order valence-electron chi connectivity index (χ0n) is 6.19. The SMILES string of the molecule is CCCC.O=CCCCl. The molecular weight excluding hydrogens is 136 g/mol. The fourth-order valence-electron chi connectivity index (χ4n) is 0.0445. The van der Waals surface area contributed by atoms with Crippen LogP contribution in [0.15, 0.2) is 0 Å². The molecule has 0 aliphatic heterocycles. The average Bonchev–Trinajstić information content (AvgIpc) is 1.91. The van der Waals surface area contributed by atoms with Crippen LogP contribution in [0.25, 0.3) is 0 Å². The summed E-state index contributed by atoms with van der Waals surface area (Å²) in [4.78, 5) is 9.32. The van der Waals surface area contributed by atoms with Crippen molar-refractivity contribution >= 4 is 17.9 Å². The number of carbonyl (C=O) groups excluding carboxylic acids is 1. The van der Waals surface area contributed by atoms with Crippen LogP contribution in [0.3, 0.4) is 0 Å². The van der Waals surface area contributed by atoms with E-state index in [1.807, 2.05) is 0 Å². The number of hydrogen-bond donors (Lipinski definition) is 0. The minimum atomic E-state index is 0.448. The van der Waals surface area contributed by atoms with Crippen molar-refractivity contribution in [2.24, 2.45) is 0 Å². The van der Waals surface area contributed by atoms with E-state index >= 15 is 0 Å². The van der Waals surface area contributed by atoms with E-state index in [1.165, 1.54) is 12.8 Å². The molecule has 9 heavy (non-hydrogen) atoms. The Bertz CT molecular complexity index is 44.2. The highest BCUT2D eigenvalue weighted by Crippen LogP contribution is 1.76. The van der Waals surface area contributed by atoms with Gasteiger partial charge >= 0.3 is 0 Å². The van der Waals surface area contributed by atoms with Crippen molar-refractivity contribution < 1.29 is 4.79 Å². The number of halogens is 1. The molecule has 0 saturated carbocycles. The zero-order chi connectivity index (χ0) is 7.54. The Morgan fingerprint density at radius 1 is 1.33 bits per heavy atom. The van der Waals surface area contributed by atoms with Crippen LogP contribution in [0.4, 0.5) is 0 Å². The van der Waals surface area contributed by atoms with Gasteiger partial charge in [-0.05, 0) is 0 Å². The van der Waals surface area contributed by atoms with Gasteiger partial charge in [0.2, 0.25) is 0 Å². The van der Waals surface area contributed by atoms with E-state index < -0.39 is 0 Å². The molecule has 0 spiro atoms. The van der Waals surface area contributed by atoms with E-state index in [4.69, 9.17) is 11.6 Å². The fraction of sp³-hybridized carbons (Fsp3) is 0.857. The molecule has 1 nitrogen and oxygen atoms in total. The molecule has 0 radical (unpaired) electrons. The first-order valence-corrected chi connectivity index (χ1v) is 3.86. The van der Waals surface area contributed by atoms with Gasteiger partial charge in [-0.15, -0.1) is 11.6 Å². The number of carbonyl (C=O) groups is 1. The number of unbranched alkanes of at least 4 members (excludes halogenated alkanes) is 1. The van der Waals surface area contributed by atoms with E-state index in [-0.39, 0.29) is 0 Å². The van der Waals surface area contributed by atoms with Crippen LogP contribution < -0.4 is 0 Å². The zero-order valence-corrected chi connectivity index (χ0v) is 6.95. The normalized spacial score (nSPS) is 7.44. The maximum absolute atomic E-state index is 9.32. The number of alkyl halides is 1. The van der Waals surface area contributed by atoms with Gasteiger partial charge in [-0.1, -0.05) is 26.7 Å². The quantitative estimate of drug-likeness (QED) is 0.447.